The number of carbonyl (C=O) groups is 1. The van der Waals surface area contributed by atoms with Crippen molar-refractivity contribution in [2.75, 3.05) is 0 Å². The molecule has 0 bridgehead atoms. The molecule has 0 saturated heterocycles. The predicted octanol–water partition coefficient (Wildman–Crippen LogP) is 6.22. The molecule has 0 radical (unpaired) electrons. The molecule has 1 heterocycles. The number of carboxylic acid groups (broad SMARTS) is 1. The monoisotopic (exact) mass is 451 g/mol. The number of benzene rings is 1. The Morgan fingerprint density at radius 1 is 0.960 bits per heavy atom. The molecule has 4 heteroatoms. The summed E-state index contributed by atoms with van der Waals surface area (Å²) in [5.74, 6) is 0. The number of para-hydroxylation sites is 1. The fraction of sp³-hybridized carbons (Fsp3) is 0.571. The molecule has 0 unspecified atom stereocenters. The van der Waals surface area contributed by atoms with Crippen molar-refractivity contribution in [3.63, 3.8) is 0 Å². The van der Waals surface area contributed by atoms with E-state index < -0.39 is 24.5 Å². The summed E-state index contributed by atoms with van der Waals surface area (Å²) in [4.78, 5) is 12.2. The molecule has 0 aliphatic carbocycles. The van der Waals surface area contributed by atoms with Gasteiger partial charge >= 0.3 is 156 Å². The first-order valence-corrected chi connectivity index (χ1v) is 17.4. The van der Waals surface area contributed by atoms with E-state index in [1.807, 2.05) is 18.2 Å². The van der Waals surface area contributed by atoms with E-state index in [0.29, 0.717) is 0 Å². The number of hydrogen-bond donors (Lipinski definition) is 1. The van der Waals surface area contributed by atoms with Crippen molar-refractivity contribution in [3.8, 4) is 0 Å². The number of nitrogens with zero attached hydrogens (tertiary/aromatic N) is 1. The Bertz CT molecular complexity index is 670. The molecule has 1 aromatic heterocycles. The van der Waals surface area contributed by atoms with Crippen molar-refractivity contribution in [1.29, 1.82) is 0 Å². The fourth-order valence-electron chi connectivity index (χ4n) is 4.06. The van der Waals surface area contributed by atoms with Crippen LogP contribution in [0.15, 0.2) is 30.3 Å². The van der Waals surface area contributed by atoms with E-state index in [2.05, 4.69) is 32.9 Å². The molecule has 1 N–H and O–H groups in total. The van der Waals surface area contributed by atoms with Crippen LogP contribution in [0.4, 0.5) is 4.79 Å². The molecule has 2 rings (SSSR count). The minimum absolute atomic E-state index is 0.804. The molecule has 0 amide bonds. The number of aromatic nitrogens is 1. The van der Waals surface area contributed by atoms with Crippen LogP contribution in [0.1, 0.15) is 59.3 Å². The zero-order valence-electron chi connectivity index (χ0n) is 16.1. The third kappa shape index (κ3) is 4.60. The molecule has 0 fully saturated rings. The van der Waals surface area contributed by atoms with Crippen molar-refractivity contribution in [1.82, 2.24) is 4.57 Å². The van der Waals surface area contributed by atoms with Crippen LogP contribution < -0.4 is 3.71 Å². The summed E-state index contributed by atoms with van der Waals surface area (Å²) in [5.41, 5.74) is 0.871. The van der Waals surface area contributed by atoms with Gasteiger partial charge < -0.3 is 0 Å². The summed E-state index contributed by atoms with van der Waals surface area (Å²) in [7, 11) is 0. The van der Waals surface area contributed by atoms with Crippen molar-refractivity contribution >= 4 is 39.1 Å². The SMILES string of the molecule is CCC[CH2][Sn]([CH2]CCC)([CH2]CCC)[c]1cc2ccccc2n1C(=O)O. The van der Waals surface area contributed by atoms with E-state index in [4.69, 9.17) is 0 Å². The molecule has 3 nitrogen and oxygen atoms in total. The average molecular weight is 450 g/mol. The first-order valence-electron chi connectivity index (χ1n) is 9.94. The van der Waals surface area contributed by atoms with Crippen molar-refractivity contribution in [2.45, 2.75) is 72.6 Å². The Balaban J connectivity index is 2.63. The molecule has 0 aliphatic rings. The first kappa shape index (κ1) is 20.3. The van der Waals surface area contributed by atoms with E-state index in [9.17, 15) is 9.90 Å². The third-order valence-corrected chi connectivity index (χ3v) is 20.8. The average Bonchev–Trinajstić information content (AvgIpc) is 3.01. The predicted molar refractivity (Wildman–Crippen MR) is 110 cm³/mol. The summed E-state index contributed by atoms with van der Waals surface area (Å²) in [5, 5.41) is 11.1. The van der Waals surface area contributed by atoms with Crippen molar-refractivity contribution < 1.29 is 9.90 Å². The molecule has 138 valence electrons. The van der Waals surface area contributed by atoms with Gasteiger partial charge in [-0.2, -0.15) is 0 Å². The van der Waals surface area contributed by atoms with Crippen molar-refractivity contribution in [3.05, 3.63) is 30.3 Å². The van der Waals surface area contributed by atoms with Crippen LogP contribution in [0.2, 0.25) is 13.3 Å². The molecule has 1 aromatic carbocycles. The Morgan fingerprint density at radius 2 is 1.48 bits per heavy atom. The minimum atomic E-state index is -2.77. The summed E-state index contributed by atoms with van der Waals surface area (Å²) < 4.78 is 6.74. The molecule has 0 atom stereocenters. The van der Waals surface area contributed by atoms with Gasteiger partial charge in [0.15, 0.2) is 0 Å². The van der Waals surface area contributed by atoms with Crippen LogP contribution in [-0.4, -0.2) is 34.1 Å². The van der Waals surface area contributed by atoms with E-state index >= 15 is 0 Å². The number of hydrogen-bond acceptors (Lipinski definition) is 1. The molecule has 0 aliphatic heterocycles. The fourth-order valence-corrected chi connectivity index (χ4v) is 20.5. The molecule has 0 spiro atoms. The van der Waals surface area contributed by atoms with Crippen LogP contribution in [0.3, 0.4) is 0 Å². The van der Waals surface area contributed by atoms with Gasteiger partial charge in [-0.05, 0) is 0 Å². The first-order chi connectivity index (χ1) is 12.1. The third-order valence-electron chi connectivity index (χ3n) is 5.47. The van der Waals surface area contributed by atoms with Gasteiger partial charge in [-0.1, -0.05) is 0 Å². The Kier molecular flexibility index (Phi) is 7.85. The second-order valence-electron chi connectivity index (χ2n) is 7.30. The standard InChI is InChI=1S/C9H6NO2.3C4H9.Sn/c11-9(12)10-6-5-7-3-1-2-4-8(7)10;3*1-3-4-2;/h1-5H,(H,11,12);3*1,3-4H2,2H3;. The van der Waals surface area contributed by atoms with E-state index in [1.165, 1.54) is 55.5 Å². The topological polar surface area (TPSA) is 42.2 Å². The molecule has 25 heavy (non-hydrogen) atoms. The van der Waals surface area contributed by atoms with E-state index in [-0.39, 0.29) is 0 Å². The number of unbranched alkanes of at least 4 members (excludes halogenated alkanes) is 3. The summed E-state index contributed by atoms with van der Waals surface area (Å²) in [6.07, 6.45) is 6.51. The van der Waals surface area contributed by atoms with Gasteiger partial charge in [-0.25, -0.2) is 0 Å². The van der Waals surface area contributed by atoms with Gasteiger partial charge in [-0.3, -0.25) is 0 Å². The Hall–Kier alpha value is -0.971. The maximum absolute atomic E-state index is 12.2. The quantitative estimate of drug-likeness (QED) is 0.437. The Labute approximate surface area is 156 Å². The second kappa shape index (κ2) is 9.65. The van der Waals surface area contributed by atoms with Crippen LogP contribution in [0, 0.1) is 0 Å². The van der Waals surface area contributed by atoms with Crippen molar-refractivity contribution in [2.24, 2.45) is 0 Å². The summed E-state index contributed by atoms with van der Waals surface area (Å²) in [6.45, 7) is 6.76. The van der Waals surface area contributed by atoms with Gasteiger partial charge in [0.25, 0.3) is 0 Å². The molecular weight excluding hydrogens is 417 g/mol. The van der Waals surface area contributed by atoms with Crippen LogP contribution in [0.25, 0.3) is 10.9 Å². The summed E-state index contributed by atoms with van der Waals surface area (Å²) in [6, 6.07) is 10.2. The normalized spacial score (nSPS) is 12.0. The molecular formula is C21H33NO2Sn. The zero-order chi connectivity index (χ0) is 18.3. The van der Waals surface area contributed by atoms with Crippen LogP contribution >= 0.6 is 0 Å². The summed E-state index contributed by atoms with van der Waals surface area (Å²) >= 11 is -2.77. The molecule has 2 aromatic rings. The zero-order valence-corrected chi connectivity index (χ0v) is 18.9. The number of rotatable bonds is 10. The van der Waals surface area contributed by atoms with Gasteiger partial charge in [0.2, 0.25) is 0 Å². The van der Waals surface area contributed by atoms with Gasteiger partial charge in [-0.15, -0.1) is 0 Å². The van der Waals surface area contributed by atoms with Crippen LogP contribution in [0.5, 0.6) is 0 Å². The van der Waals surface area contributed by atoms with Gasteiger partial charge in [0, 0.05) is 0 Å². The van der Waals surface area contributed by atoms with Gasteiger partial charge in [0.05, 0.1) is 0 Å². The van der Waals surface area contributed by atoms with Gasteiger partial charge in [0.1, 0.15) is 0 Å². The van der Waals surface area contributed by atoms with E-state index in [0.717, 1.165) is 10.9 Å². The van der Waals surface area contributed by atoms with E-state index in [1.54, 1.807) is 4.57 Å². The molecule has 0 saturated carbocycles. The Morgan fingerprint density at radius 3 is 1.96 bits per heavy atom. The van der Waals surface area contributed by atoms with Crippen LogP contribution in [-0.2, 0) is 0 Å². The number of fused-ring (bicyclic) bond motifs is 1. The maximum atomic E-state index is 12.2. The second-order valence-corrected chi connectivity index (χ2v) is 20.3.